The number of hydrogen-bond acceptors (Lipinski definition) is 3. The van der Waals surface area contributed by atoms with E-state index < -0.39 is 6.10 Å². The van der Waals surface area contributed by atoms with Crippen LogP contribution in [-0.4, -0.2) is 36.8 Å². The molecule has 0 saturated heterocycles. The van der Waals surface area contributed by atoms with Crippen LogP contribution < -0.4 is 10.6 Å². The SMILES string of the molecule is CNCCc1ccccc1C(=O)N[C@H]1CCCC[C@@H]1O. The second-order valence-corrected chi connectivity index (χ2v) is 5.44. The van der Waals surface area contributed by atoms with E-state index in [-0.39, 0.29) is 11.9 Å². The van der Waals surface area contributed by atoms with Crippen molar-refractivity contribution in [3.8, 4) is 0 Å². The quantitative estimate of drug-likeness (QED) is 0.763. The first-order chi connectivity index (χ1) is 9.72. The van der Waals surface area contributed by atoms with Crippen LogP contribution in [0.2, 0.25) is 0 Å². The van der Waals surface area contributed by atoms with Crippen LogP contribution in [0, 0.1) is 0 Å². The van der Waals surface area contributed by atoms with Crippen LogP contribution in [0.25, 0.3) is 0 Å². The van der Waals surface area contributed by atoms with E-state index in [0.717, 1.165) is 49.8 Å². The molecule has 1 saturated carbocycles. The van der Waals surface area contributed by atoms with Gasteiger partial charge in [-0.15, -0.1) is 0 Å². The Balaban J connectivity index is 2.04. The van der Waals surface area contributed by atoms with E-state index in [1.165, 1.54) is 0 Å². The lowest BCUT2D eigenvalue weighted by molar-refractivity contribution is 0.0716. The Hall–Kier alpha value is -1.39. The number of amides is 1. The lowest BCUT2D eigenvalue weighted by Crippen LogP contribution is -2.45. The maximum Gasteiger partial charge on any atom is 0.251 e. The number of nitrogens with one attached hydrogen (secondary N) is 2. The maximum absolute atomic E-state index is 12.4. The summed E-state index contributed by atoms with van der Waals surface area (Å²) >= 11 is 0. The second kappa shape index (κ2) is 7.41. The highest BCUT2D eigenvalue weighted by molar-refractivity contribution is 5.95. The fourth-order valence-electron chi connectivity index (χ4n) is 2.75. The summed E-state index contributed by atoms with van der Waals surface area (Å²) in [7, 11) is 1.90. The highest BCUT2D eigenvalue weighted by atomic mass is 16.3. The van der Waals surface area contributed by atoms with E-state index in [2.05, 4.69) is 10.6 Å². The smallest absolute Gasteiger partial charge is 0.251 e. The van der Waals surface area contributed by atoms with E-state index in [1.54, 1.807) is 0 Å². The van der Waals surface area contributed by atoms with Crippen LogP contribution in [0.15, 0.2) is 24.3 Å². The number of aliphatic hydroxyl groups is 1. The molecule has 0 heterocycles. The van der Waals surface area contributed by atoms with Crippen molar-refractivity contribution in [2.75, 3.05) is 13.6 Å². The van der Waals surface area contributed by atoms with Gasteiger partial charge in [0.05, 0.1) is 12.1 Å². The first kappa shape index (κ1) is 15.0. The molecular formula is C16H24N2O2. The highest BCUT2D eigenvalue weighted by Gasteiger charge is 2.25. The summed E-state index contributed by atoms with van der Waals surface area (Å²) in [5.41, 5.74) is 1.77. The van der Waals surface area contributed by atoms with Crippen LogP contribution in [0.1, 0.15) is 41.6 Å². The van der Waals surface area contributed by atoms with Gasteiger partial charge in [-0.1, -0.05) is 31.0 Å². The molecule has 1 aliphatic carbocycles. The van der Waals surface area contributed by atoms with Gasteiger partial charge in [-0.3, -0.25) is 4.79 Å². The third-order valence-corrected chi connectivity index (χ3v) is 3.95. The van der Waals surface area contributed by atoms with Gasteiger partial charge in [-0.25, -0.2) is 0 Å². The number of carbonyl (C=O) groups is 1. The van der Waals surface area contributed by atoms with Crippen molar-refractivity contribution < 1.29 is 9.90 Å². The van der Waals surface area contributed by atoms with Crippen molar-refractivity contribution in [2.45, 2.75) is 44.2 Å². The molecule has 1 aliphatic rings. The average Bonchev–Trinajstić information content (AvgIpc) is 2.47. The molecule has 110 valence electrons. The summed E-state index contributed by atoms with van der Waals surface area (Å²) in [6.07, 6.45) is 4.19. The minimum atomic E-state index is -0.405. The zero-order valence-electron chi connectivity index (χ0n) is 12.1. The summed E-state index contributed by atoms with van der Waals surface area (Å²) in [6, 6.07) is 7.58. The number of hydrogen-bond donors (Lipinski definition) is 3. The Morgan fingerprint density at radius 1 is 1.30 bits per heavy atom. The average molecular weight is 276 g/mol. The van der Waals surface area contributed by atoms with Crippen LogP contribution in [0.4, 0.5) is 0 Å². The van der Waals surface area contributed by atoms with Gasteiger partial charge in [0.2, 0.25) is 0 Å². The van der Waals surface area contributed by atoms with Gasteiger partial charge in [0.1, 0.15) is 0 Å². The van der Waals surface area contributed by atoms with Crippen molar-refractivity contribution in [2.24, 2.45) is 0 Å². The predicted octanol–water partition coefficient (Wildman–Crippen LogP) is 1.48. The minimum Gasteiger partial charge on any atom is -0.391 e. The molecule has 0 aromatic heterocycles. The van der Waals surface area contributed by atoms with Gasteiger partial charge in [-0.2, -0.15) is 0 Å². The molecule has 1 fully saturated rings. The molecule has 1 amide bonds. The molecule has 0 radical (unpaired) electrons. The normalized spacial score (nSPS) is 22.5. The molecule has 0 spiro atoms. The van der Waals surface area contributed by atoms with E-state index in [0.29, 0.717) is 0 Å². The largest absolute Gasteiger partial charge is 0.391 e. The summed E-state index contributed by atoms with van der Waals surface area (Å²) in [5, 5.41) is 16.0. The third-order valence-electron chi connectivity index (χ3n) is 3.95. The molecule has 0 bridgehead atoms. The Kier molecular flexibility index (Phi) is 5.56. The predicted molar refractivity (Wildman–Crippen MR) is 79.8 cm³/mol. The third kappa shape index (κ3) is 3.81. The van der Waals surface area contributed by atoms with Gasteiger partial charge >= 0.3 is 0 Å². The number of rotatable bonds is 5. The van der Waals surface area contributed by atoms with Gasteiger partial charge in [0.15, 0.2) is 0 Å². The molecule has 20 heavy (non-hydrogen) atoms. The molecule has 4 heteroatoms. The van der Waals surface area contributed by atoms with Crippen LogP contribution in [0.3, 0.4) is 0 Å². The molecule has 4 nitrogen and oxygen atoms in total. The van der Waals surface area contributed by atoms with Crippen molar-refractivity contribution in [1.82, 2.24) is 10.6 Å². The number of carbonyl (C=O) groups excluding carboxylic acids is 1. The first-order valence-electron chi connectivity index (χ1n) is 7.44. The van der Waals surface area contributed by atoms with E-state index >= 15 is 0 Å². The Morgan fingerprint density at radius 3 is 2.80 bits per heavy atom. The topological polar surface area (TPSA) is 61.4 Å². The molecule has 1 aromatic rings. The zero-order valence-corrected chi connectivity index (χ0v) is 12.1. The second-order valence-electron chi connectivity index (χ2n) is 5.44. The van der Waals surface area contributed by atoms with Crippen molar-refractivity contribution >= 4 is 5.91 Å². The summed E-state index contributed by atoms with van der Waals surface area (Å²) in [6.45, 7) is 0.844. The fourth-order valence-corrected chi connectivity index (χ4v) is 2.75. The van der Waals surface area contributed by atoms with Crippen molar-refractivity contribution in [3.63, 3.8) is 0 Å². The van der Waals surface area contributed by atoms with E-state index in [9.17, 15) is 9.90 Å². The van der Waals surface area contributed by atoms with Crippen LogP contribution >= 0.6 is 0 Å². The van der Waals surface area contributed by atoms with Gasteiger partial charge < -0.3 is 15.7 Å². The minimum absolute atomic E-state index is 0.0670. The molecule has 2 rings (SSSR count). The fraction of sp³-hybridized carbons (Fsp3) is 0.562. The van der Waals surface area contributed by atoms with E-state index in [1.807, 2.05) is 31.3 Å². The molecule has 0 unspecified atom stereocenters. The highest BCUT2D eigenvalue weighted by Crippen LogP contribution is 2.19. The van der Waals surface area contributed by atoms with Crippen molar-refractivity contribution in [3.05, 3.63) is 35.4 Å². The van der Waals surface area contributed by atoms with Gasteiger partial charge in [0, 0.05) is 5.56 Å². The number of benzene rings is 1. The summed E-state index contributed by atoms with van der Waals surface area (Å²) in [4.78, 5) is 12.4. The number of likely N-dealkylation sites (N-methyl/N-ethyl adjacent to an activating group) is 1. The molecule has 2 atom stereocenters. The Morgan fingerprint density at radius 2 is 2.05 bits per heavy atom. The first-order valence-corrected chi connectivity index (χ1v) is 7.44. The Labute approximate surface area is 120 Å². The van der Waals surface area contributed by atoms with E-state index in [4.69, 9.17) is 0 Å². The molecular weight excluding hydrogens is 252 g/mol. The zero-order chi connectivity index (χ0) is 14.4. The van der Waals surface area contributed by atoms with Gasteiger partial charge in [0.25, 0.3) is 5.91 Å². The van der Waals surface area contributed by atoms with Crippen LogP contribution in [-0.2, 0) is 6.42 Å². The van der Waals surface area contributed by atoms with Gasteiger partial charge in [-0.05, 0) is 44.5 Å². The Bertz CT molecular complexity index is 448. The monoisotopic (exact) mass is 276 g/mol. The summed E-state index contributed by atoms with van der Waals surface area (Å²) in [5.74, 6) is -0.0670. The maximum atomic E-state index is 12.4. The molecule has 3 N–H and O–H groups in total. The van der Waals surface area contributed by atoms with Crippen LogP contribution in [0.5, 0.6) is 0 Å². The number of aliphatic hydroxyl groups excluding tert-OH is 1. The summed E-state index contributed by atoms with van der Waals surface area (Å²) < 4.78 is 0. The van der Waals surface area contributed by atoms with Crippen molar-refractivity contribution in [1.29, 1.82) is 0 Å². The lowest BCUT2D eigenvalue weighted by atomic mass is 9.92. The standard InChI is InChI=1S/C16H24N2O2/c1-17-11-10-12-6-2-3-7-13(12)16(20)18-14-8-4-5-9-15(14)19/h2-3,6-7,14-15,17,19H,4-5,8-11H2,1H3,(H,18,20)/t14-,15-/m0/s1. The lowest BCUT2D eigenvalue weighted by Gasteiger charge is -2.28. The molecule has 0 aliphatic heterocycles. The molecule has 1 aromatic carbocycles.